The minimum atomic E-state index is 0.455. The molecule has 0 saturated carbocycles. The molecule has 1 aliphatic heterocycles. The van der Waals surface area contributed by atoms with Crippen molar-refractivity contribution in [3.8, 4) is 0 Å². The van der Waals surface area contributed by atoms with E-state index in [1.54, 1.807) is 6.08 Å². The van der Waals surface area contributed by atoms with E-state index in [0.29, 0.717) is 11.0 Å². The molecule has 0 bridgehead atoms. The topological polar surface area (TPSA) is 39.7 Å². The molecule has 0 aromatic heterocycles. The fourth-order valence-electron chi connectivity index (χ4n) is 1.23. The van der Waals surface area contributed by atoms with Crippen LogP contribution in [0.4, 0.5) is 0 Å². The van der Waals surface area contributed by atoms with Gasteiger partial charge in [0.05, 0.1) is 0 Å². The first-order valence-corrected chi connectivity index (χ1v) is 5.85. The van der Waals surface area contributed by atoms with Crippen LogP contribution in [0.25, 0.3) is 0 Å². The van der Waals surface area contributed by atoms with Crippen LogP contribution in [-0.4, -0.2) is 17.0 Å². The molecule has 0 aromatic rings. The molecule has 0 aliphatic carbocycles. The van der Waals surface area contributed by atoms with Crippen molar-refractivity contribution in [1.29, 1.82) is 0 Å². The third-order valence-electron chi connectivity index (χ3n) is 1.97. The third-order valence-corrected chi connectivity index (χ3v) is 2.34. The third kappa shape index (κ3) is 5.25. The molecule has 86 valence electrons. The highest BCUT2D eigenvalue weighted by atomic mass is 35.5. The van der Waals surface area contributed by atoms with Crippen molar-refractivity contribution in [3.05, 3.63) is 11.2 Å². The second kappa shape index (κ2) is 6.93. The lowest BCUT2D eigenvalue weighted by Gasteiger charge is -2.21. The fourth-order valence-corrected chi connectivity index (χ4v) is 1.63. The number of hydrogen-bond acceptors (Lipinski definition) is 3. The highest BCUT2D eigenvalue weighted by molar-refractivity contribution is 6.31. The quantitative estimate of drug-likeness (QED) is 0.448. The van der Waals surface area contributed by atoms with Gasteiger partial charge in [-0.15, -0.1) is 0 Å². The Labute approximate surface area is 100 Å². The van der Waals surface area contributed by atoms with E-state index in [0.717, 1.165) is 17.6 Å². The maximum absolute atomic E-state index is 5.77. The molecule has 0 spiro atoms. The average Bonchev–Trinajstić information content (AvgIpc) is 2.16. The summed E-state index contributed by atoms with van der Waals surface area (Å²) in [5.74, 6) is 0.685. The predicted octanol–water partition coefficient (Wildman–Crippen LogP) is 2.52. The standard InChI is InChI=1S/C9H16Cl2N4/c1-2-3-4-5-6-12-9-7-8(10)13-15(11)14-9/h7,13H,2-6H2,1H3,(H,12,14). The van der Waals surface area contributed by atoms with Crippen LogP contribution in [-0.2, 0) is 0 Å². The molecule has 0 atom stereocenters. The van der Waals surface area contributed by atoms with Gasteiger partial charge in [0.1, 0.15) is 11.0 Å². The number of rotatable bonds is 5. The summed E-state index contributed by atoms with van der Waals surface area (Å²) in [5, 5.41) is 0.455. The molecule has 0 unspecified atom stereocenters. The number of unbranched alkanes of at least 4 members (excludes halogenated alkanes) is 3. The lowest BCUT2D eigenvalue weighted by molar-refractivity contribution is 0.337. The SMILES string of the molecule is CCCCCCN=C1C=C(Cl)NN(Cl)N1. The van der Waals surface area contributed by atoms with Gasteiger partial charge < -0.3 is 0 Å². The maximum atomic E-state index is 5.77. The second-order valence-corrected chi connectivity index (χ2v) is 4.07. The van der Waals surface area contributed by atoms with Crippen LogP contribution in [0.15, 0.2) is 16.2 Å². The van der Waals surface area contributed by atoms with E-state index in [1.807, 2.05) is 0 Å². The van der Waals surface area contributed by atoms with Gasteiger partial charge >= 0.3 is 0 Å². The Hall–Kier alpha value is -0.450. The van der Waals surface area contributed by atoms with Crippen LogP contribution >= 0.6 is 23.4 Å². The van der Waals surface area contributed by atoms with Crippen LogP contribution in [0.5, 0.6) is 0 Å². The van der Waals surface area contributed by atoms with Crippen LogP contribution in [0.2, 0.25) is 0 Å². The van der Waals surface area contributed by atoms with Crippen molar-refractivity contribution in [3.63, 3.8) is 0 Å². The lowest BCUT2D eigenvalue weighted by Crippen LogP contribution is -2.46. The number of halogens is 2. The van der Waals surface area contributed by atoms with Crippen molar-refractivity contribution in [2.45, 2.75) is 32.6 Å². The summed E-state index contributed by atoms with van der Waals surface area (Å²) >= 11 is 11.4. The summed E-state index contributed by atoms with van der Waals surface area (Å²) in [5.41, 5.74) is 5.47. The van der Waals surface area contributed by atoms with E-state index in [1.165, 1.54) is 19.3 Å². The number of amidine groups is 1. The smallest absolute Gasteiger partial charge is 0.141 e. The summed E-state index contributed by atoms with van der Waals surface area (Å²) in [6.07, 6.45) is 6.52. The van der Waals surface area contributed by atoms with Gasteiger partial charge in [-0.25, -0.2) is 0 Å². The van der Waals surface area contributed by atoms with Gasteiger partial charge in [-0.05, 0) is 11.1 Å². The number of hydrazine groups is 2. The minimum absolute atomic E-state index is 0.455. The molecular weight excluding hydrogens is 235 g/mol. The summed E-state index contributed by atoms with van der Waals surface area (Å²) in [6, 6.07) is 0. The molecule has 1 aliphatic rings. The Morgan fingerprint density at radius 1 is 1.33 bits per heavy atom. The number of nitrogens with zero attached hydrogens (tertiary/aromatic N) is 2. The van der Waals surface area contributed by atoms with E-state index in [9.17, 15) is 0 Å². The summed E-state index contributed by atoms with van der Waals surface area (Å²) < 4.78 is 1.16. The Bertz CT molecular complexity index is 252. The average molecular weight is 251 g/mol. The molecule has 0 saturated heterocycles. The first-order valence-electron chi connectivity index (χ1n) is 5.13. The van der Waals surface area contributed by atoms with Crippen LogP contribution in [0.1, 0.15) is 32.6 Å². The van der Waals surface area contributed by atoms with E-state index in [-0.39, 0.29) is 0 Å². The first kappa shape index (κ1) is 12.6. The van der Waals surface area contributed by atoms with E-state index in [4.69, 9.17) is 23.4 Å². The van der Waals surface area contributed by atoms with Crippen molar-refractivity contribution in [2.24, 2.45) is 4.99 Å². The number of hydrogen-bond donors (Lipinski definition) is 2. The zero-order valence-electron chi connectivity index (χ0n) is 8.76. The van der Waals surface area contributed by atoms with E-state index >= 15 is 0 Å². The van der Waals surface area contributed by atoms with E-state index < -0.39 is 0 Å². The van der Waals surface area contributed by atoms with Gasteiger partial charge in [-0.2, -0.15) is 0 Å². The van der Waals surface area contributed by atoms with Gasteiger partial charge in [-0.1, -0.05) is 37.8 Å². The van der Waals surface area contributed by atoms with Gasteiger partial charge in [0.15, 0.2) is 0 Å². The number of nitrogens with one attached hydrogen (secondary N) is 2. The Morgan fingerprint density at radius 3 is 2.80 bits per heavy atom. The molecule has 1 rings (SSSR count). The molecule has 0 fully saturated rings. The molecule has 1 heterocycles. The Balaban J connectivity index is 2.29. The molecule has 0 radical (unpaired) electrons. The minimum Gasteiger partial charge on any atom is -0.276 e. The molecule has 6 heteroatoms. The first-order chi connectivity index (χ1) is 7.22. The van der Waals surface area contributed by atoms with E-state index in [2.05, 4.69) is 22.8 Å². The fraction of sp³-hybridized carbons (Fsp3) is 0.667. The molecule has 0 aromatic carbocycles. The summed E-state index contributed by atoms with van der Waals surface area (Å²) in [7, 11) is 0. The molecule has 15 heavy (non-hydrogen) atoms. The zero-order chi connectivity index (χ0) is 11.1. The van der Waals surface area contributed by atoms with Crippen molar-refractivity contribution >= 4 is 29.2 Å². The maximum Gasteiger partial charge on any atom is 0.141 e. The molecular formula is C9H16Cl2N4. The lowest BCUT2D eigenvalue weighted by atomic mass is 10.2. The summed E-state index contributed by atoms with van der Waals surface area (Å²) in [4.78, 5) is 4.33. The van der Waals surface area contributed by atoms with Crippen LogP contribution in [0.3, 0.4) is 0 Å². The van der Waals surface area contributed by atoms with Crippen LogP contribution < -0.4 is 10.9 Å². The molecule has 4 nitrogen and oxygen atoms in total. The van der Waals surface area contributed by atoms with Crippen molar-refractivity contribution in [2.75, 3.05) is 6.54 Å². The van der Waals surface area contributed by atoms with Gasteiger partial charge in [-0.3, -0.25) is 15.8 Å². The Kier molecular flexibility index (Phi) is 5.83. The highest BCUT2D eigenvalue weighted by Crippen LogP contribution is 2.05. The van der Waals surface area contributed by atoms with Crippen LogP contribution in [0, 0.1) is 0 Å². The van der Waals surface area contributed by atoms with Gasteiger partial charge in [0, 0.05) is 24.4 Å². The number of aliphatic imine (C=N–C) groups is 1. The summed E-state index contributed by atoms with van der Waals surface area (Å²) in [6.45, 7) is 2.99. The second-order valence-electron chi connectivity index (χ2n) is 3.32. The van der Waals surface area contributed by atoms with Gasteiger partial charge in [0.2, 0.25) is 0 Å². The monoisotopic (exact) mass is 250 g/mol. The predicted molar refractivity (Wildman–Crippen MR) is 64.3 cm³/mol. The van der Waals surface area contributed by atoms with Gasteiger partial charge in [0.25, 0.3) is 0 Å². The Morgan fingerprint density at radius 2 is 2.13 bits per heavy atom. The van der Waals surface area contributed by atoms with Crippen molar-refractivity contribution in [1.82, 2.24) is 15.5 Å². The largest absolute Gasteiger partial charge is 0.276 e. The normalized spacial score (nSPS) is 19.7. The van der Waals surface area contributed by atoms with Crippen molar-refractivity contribution < 1.29 is 0 Å². The zero-order valence-corrected chi connectivity index (χ0v) is 10.3. The molecule has 2 N–H and O–H groups in total. The highest BCUT2D eigenvalue weighted by Gasteiger charge is 2.10. The molecule has 0 amide bonds.